The van der Waals surface area contributed by atoms with Crippen molar-refractivity contribution in [2.24, 2.45) is 5.73 Å². The van der Waals surface area contributed by atoms with Crippen molar-refractivity contribution in [3.8, 4) is 0 Å². The number of nitrogens with zero attached hydrogens (tertiary/aromatic N) is 1. The van der Waals surface area contributed by atoms with Gasteiger partial charge in [-0.3, -0.25) is 4.90 Å². The molecule has 2 aliphatic heterocycles. The van der Waals surface area contributed by atoms with Gasteiger partial charge in [0.05, 0.1) is 13.2 Å². The van der Waals surface area contributed by atoms with E-state index in [1.807, 2.05) is 6.07 Å². The summed E-state index contributed by atoms with van der Waals surface area (Å²) in [5.41, 5.74) is 8.61. The Morgan fingerprint density at radius 3 is 2.84 bits per heavy atom. The Bertz CT molecular complexity index is 467. The lowest BCUT2D eigenvalue weighted by atomic mass is 10.1. The van der Waals surface area contributed by atoms with Crippen LogP contribution < -0.4 is 5.73 Å². The molecular formula is C14H20N2O2S. The third-order valence-electron chi connectivity index (χ3n) is 3.99. The van der Waals surface area contributed by atoms with Crippen molar-refractivity contribution in [1.29, 1.82) is 0 Å². The predicted octanol–water partition coefficient (Wildman–Crippen LogP) is 0.856. The zero-order chi connectivity index (χ0) is 13.4. The minimum atomic E-state index is -0.906. The van der Waals surface area contributed by atoms with E-state index < -0.39 is 11.2 Å². The standard InChI is InChI=1S/C14H20N2O2S/c1-19(17)14-3-2-10-6-16(7-11(10)4-14)13-5-12(15)8-18-9-13/h2-4,12-13H,5-9,15H2,1H3. The summed E-state index contributed by atoms with van der Waals surface area (Å²) in [5.74, 6) is 0. The second kappa shape index (κ2) is 5.42. The number of ether oxygens (including phenoxy) is 1. The van der Waals surface area contributed by atoms with Crippen LogP contribution in [0.2, 0.25) is 0 Å². The van der Waals surface area contributed by atoms with Gasteiger partial charge < -0.3 is 15.0 Å². The lowest BCUT2D eigenvalue weighted by Gasteiger charge is -2.33. The summed E-state index contributed by atoms with van der Waals surface area (Å²) < 4.78 is 17.1. The Kier molecular flexibility index (Phi) is 3.82. The van der Waals surface area contributed by atoms with Gasteiger partial charge in [-0.15, -0.1) is 0 Å². The first-order valence-electron chi connectivity index (χ1n) is 6.66. The second-order valence-corrected chi connectivity index (χ2v) is 6.86. The van der Waals surface area contributed by atoms with Crippen LogP contribution in [0.4, 0.5) is 0 Å². The first-order valence-corrected chi connectivity index (χ1v) is 8.22. The summed E-state index contributed by atoms with van der Waals surface area (Å²) in [6.45, 7) is 3.32. The molecule has 0 amide bonds. The molecule has 2 aliphatic rings. The third kappa shape index (κ3) is 2.80. The minimum Gasteiger partial charge on any atom is -0.612 e. The van der Waals surface area contributed by atoms with E-state index in [4.69, 9.17) is 10.5 Å². The predicted molar refractivity (Wildman–Crippen MR) is 75.2 cm³/mol. The van der Waals surface area contributed by atoms with Crippen LogP contribution in [-0.2, 0) is 29.0 Å². The highest BCUT2D eigenvalue weighted by Gasteiger charge is 2.30. The number of hydrogen-bond acceptors (Lipinski definition) is 4. The number of nitrogens with two attached hydrogens (primary N) is 1. The molecule has 0 radical (unpaired) electrons. The van der Waals surface area contributed by atoms with Crippen LogP contribution in [0, 0.1) is 0 Å². The molecule has 4 nitrogen and oxygen atoms in total. The highest BCUT2D eigenvalue weighted by atomic mass is 32.2. The molecule has 5 heteroatoms. The van der Waals surface area contributed by atoms with Gasteiger partial charge >= 0.3 is 0 Å². The molecule has 1 aromatic carbocycles. The van der Waals surface area contributed by atoms with E-state index in [9.17, 15) is 4.55 Å². The molecule has 3 unspecified atom stereocenters. The summed E-state index contributed by atoms with van der Waals surface area (Å²) in [5, 5.41) is 0. The lowest BCUT2D eigenvalue weighted by molar-refractivity contribution is 0.00549. The van der Waals surface area contributed by atoms with Crippen molar-refractivity contribution < 1.29 is 9.29 Å². The van der Waals surface area contributed by atoms with Gasteiger partial charge in [0, 0.05) is 25.2 Å². The SMILES string of the molecule is C[S+]([O-])c1ccc2c(c1)CN(C1COCC(N)C1)C2. The summed E-state index contributed by atoms with van der Waals surface area (Å²) in [6.07, 6.45) is 2.73. The molecule has 1 saturated heterocycles. The number of fused-ring (bicyclic) bond motifs is 1. The van der Waals surface area contributed by atoms with Crippen molar-refractivity contribution in [2.45, 2.75) is 36.5 Å². The molecule has 3 atom stereocenters. The monoisotopic (exact) mass is 280 g/mol. The van der Waals surface area contributed by atoms with E-state index in [-0.39, 0.29) is 6.04 Å². The molecule has 0 spiro atoms. The topological polar surface area (TPSA) is 61.5 Å². The molecule has 104 valence electrons. The Morgan fingerprint density at radius 2 is 2.11 bits per heavy atom. The fraction of sp³-hybridized carbons (Fsp3) is 0.571. The molecule has 19 heavy (non-hydrogen) atoms. The number of hydrogen-bond donors (Lipinski definition) is 1. The smallest absolute Gasteiger partial charge is 0.152 e. The molecular weight excluding hydrogens is 260 g/mol. The van der Waals surface area contributed by atoms with E-state index >= 15 is 0 Å². The summed E-state index contributed by atoms with van der Waals surface area (Å²) >= 11 is -0.906. The van der Waals surface area contributed by atoms with Crippen LogP contribution >= 0.6 is 0 Å². The van der Waals surface area contributed by atoms with Gasteiger partial charge in [0.1, 0.15) is 6.26 Å². The third-order valence-corrected chi connectivity index (χ3v) is 4.91. The summed E-state index contributed by atoms with van der Waals surface area (Å²) in [6, 6.07) is 6.72. The van der Waals surface area contributed by atoms with Gasteiger partial charge in [-0.05, 0) is 40.9 Å². The van der Waals surface area contributed by atoms with E-state index in [1.165, 1.54) is 11.1 Å². The Labute approximate surface area is 117 Å². The average Bonchev–Trinajstić information content (AvgIpc) is 2.81. The van der Waals surface area contributed by atoms with Crippen LogP contribution in [-0.4, -0.2) is 41.0 Å². The summed E-state index contributed by atoms with van der Waals surface area (Å²) in [4.78, 5) is 3.34. The molecule has 1 aromatic rings. The van der Waals surface area contributed by atoms with Crippen molar-refractivity contribution >= 4 is 11.2 Å². The van der Waals surface area contributed by atoms with Gasteiger partial charge in [0.25, 0.3) is 0 Å². The molecule has 0 aliphatic carbocycles. The molecule has 0 bridgehead atoms. The van der Waals surface area contributed by atoms with Crippen molar-refractivity contribution in [2.75, 3.05) is 19.5 Å². The van der Waals surface area contributed by atoms with Crippen molar-refractivity contribution in [1.82, 2.24) is 4.90 Å². The molecule has 0 saturated carbocycles. The largest absolute Gasteiger partial charge is 0.612 e. The van der Waals surface area contributed by atoms with E-state index in [0.29, 0.717) is 12.6 Å². The van der Waals surface area contributed by atoms with E-state index in [2.05, 4.69) is 17.0 Å². The van der Waals surface area contributed by atoms with Crippen LogP contribution in [0.15, 0.2) is 23.1 Å². The first-order chi connectivity index (χ1) is 9.13. The average molecular weight is 280 g/mol. The van der Waals surface area contributed by atoms with Crippen LogP contribution in [0.5, 0.6) is 0 Å². The Hall–Kier alpha value is -0.590. The zero-order valence-corrected chi connectivity index (χ0v) is 12.0. The van der Waals surface area contributed by atoms with Crippen LogP contribution in [0.3, 0.4) is 0 Å². The fourth-order valence-corrected chi connectivity index (χ4v) is 3.50. The van der Waals surface area contributed by atoms with Gasteiger partial charge in [-0.25, -0.2) is 0 Å². The van der Waals surface area contributed by atoms with Gasteiger partial charge in [0.15, 0.2) is 4.90 Å². The normalized spacial score (nSPS) is 29.2. The molecule has 2 N–H and O–H groups in total. The van der Waals surface area contributed by atoms with Gasteiger partial charge in [-0.1, -0.05) is 6.07 Å². The maximum absolute atomic E-state index is 11.5. The van der Waals surface area contributed by atoms with Crippen molar-refractivity contribution in [3.63, 3.8) is 0 Å². The number of benzene rings is 1. The lowest BCUT2D eigenvalue weighted by Crippen LogP contribution is -2.46. The molecule has 3 rings (SSSR count). The quantitative estimate of drug-likeness (QED) is 0.816. The fourth-order valence-electron chi connectivity index (χ4n) is 2.93. The molecule has 0 aromatic heterocycles. The highest BCUT2D eigenvalue weighted by Crippen LogP contribution is 2.29. The van der Waals surface area contributed by atoms with Crippen molar-refractivity contribution in [3.05, 3.63) is 29.3 Å². The Balaban J connectivity index is 1.73. The van der Waals surface area contributed by atoms with Gasteiger partial charge in [-0.2, -0.15) is 0 Å². The number of rotatable bonds is 2. The highest BCUT2D eigenvalue weighted by molar-refractivity contribution is 7.90. The molecule has 2 heterocycles. The minimum absolute atomic E-state index is 0.154. The van der Waals surface area contributed by atoms with E-state index in [1.54, 1.807) is 6.26 Å². The summed E-state index contributed by atoms with van der Waals surface area (Å²) in [7, 11) is 0. The van der Waals surface area contributed by atoms with Gasteiger partial charge in [0.2, 0.25) is 0 Å². The van der Waals surface area contributed by atoms with Crippen LogP contribution in [0.25, 0.3) is 0 Å². The second-order valence-electron chi connectivity index (χ2n) is 5.48. The first kappa shape index (κ1) is 13.4. The van der Waals surface area contributed by atoms with Crippen LogP contribution in [0.1, 0.15) is 17.5 Å². The maximum Gasteiger partial charge on any atom is 0.152 e. The molecule has 1 fully saturated rings. The maximum atomic E-state index is 11.5. The van der Waals surface area contributed by atoms with E-state index in [0.717, 1.165) is 31.0 Å². The Morgan fingerprint density at radius 1 is 1.32 bits per heavy atom. The zero-order valence-electron chi connectivity index (χ0n) is 11.2.